The molecule has 0 unspecified atom stereocenters. The fourth-order valence-electron chi connectivity index (χ4n) is 0.975. The van der Waals surface area contributed by atoms with Crippen LogP contribution in [0.5, 0.6) is 0 Å². The van der Waals surface area contributed by atoms with Crippen molar-refractivity contribution < 1.29 is 9.66 Å². The van der Waals surface area contributed by atoms with Crippen molar-refractivity contribution in [3.05, 3.63) is 39.1 Å². The molecule has 6 heteroatoms. The van der Waals surface area contributed by atoms with Gasteiger partial charge in [-0.1, -0.05) is 6.58 Å². The SMILES string of the molecule is C=C(OCC)c1ncc([N+](=O)[O-])cc1Br. The number of rotatable bonds is 4. The van der Waals surface area contributed by atoms with Crippen molar-refractivity contribution in [2.45, 2.75) is 6.92 Å². The molecule has 0 aliphatic rings. The van der Waals surface area contributed by atoms with E-state index in [0.717, 1.165) is 0 Å². The van der Waals surface area contributed by atoms with E-state index >= 15 is 0 Å². The van der Waals surface area contributed by atoms with Crippen LogP contribution in [0.1, 0.15) is 12.6 Å². The minimum atomic E-state index is -0.509. The Labute approximate surface area is 95.1 Å². The Hall–Kier alpha value is -1.43. The van der Waals surface area contributed by atoms with E-state index in [4.69, 9.17) is 4.74 Å². The molecule has 1 aromatic heterocycles. The number of nitrogens with zero attached hydrogens (tertiary/aromatic N) is 2. The molecule has 1 heterocycles. The van der Waals surface area contributed by atoms with Crippen LogP contribution < -0.4 is 0 Å². The lowest BCUT2D eigenvalue weighted by Gasteiger charge is -2.07. The van der Waals surface area contributed by atoms with Crippen LogP contribution in [0, 0.1) is 10.1 Å². The highest BCUT2D eigenvalue weighted by Crippen LogP contribution is 2.25. The van der Waals surface area contributed by atoms with Gasteiger partial charge in [0.25, 0.3) is 5.69 Å². The first-order valence-corrected chi connectivity index (χ1v) is 4.97. The summed E-state index contributed by atoms with van der Waals surface area (Å²) in [5, 5.41) is 10.5. The van der Waals surface area contributed by atoms with Gasteiger partial charge in [-0.2, -0.15) is 0 Å². The van der Waals surface area contributed by atoms with Gasteiger partial charge in [-0.3, -0.25) is 10.1 Å². The zero-order valence-electron chi connectivity index (χ0n) is 8.07. The highest BCUT2D eigenvalue weighted by Gasteiger charge is 2.12. The van der Waals surface area contributed by atoms with E-state index in [1.807, 2.05) is 6.92 Å². The second kappa shape index (κ2) is 4.88. The summed E-state index contributed by atoms with van der Waals surface area (Å²) in [6.07, 6.45) is 1.17. The molecule has 5 nitrogen and oxygen atoms in total. The van der Waals surface area contributed by atoms with Gasteiger partial charge in [-0.05, 0) is 22.9 Å². The molecule has 0 fully saturated rings. The predicted octanol–water partition coefficient (Wildman–Crippen LogP) is 2.76. The Morgan fingerprint density at radius 1 is 1.80 bits per heavy atom. The Morgan fingerprint density at radius 3 is 2.93 bits per heavy atom. The van der Waals surface area contributed by atoms with Crippen LogP contribution in [0.2, 0.25) is 0 Å². The topological polar surface area (TPSA) is 65.3 Å². The zero-order chi connectivity index (χ0) is 11.4. The van der Waals surface area contributed by atoms with E-state index in [-0.39, 0.29) is 5.69 Å². The maximum atomic E-state index is 10.5. The molecule has 0 aliphatic heterocycles. The van der Waals surface area contributed by atoms with Crippen LogP contribution in [0.15, 0.2) is 23.3 Å². The molecule has 0 amide bonds. The molecule has 0 aliphatic carbocycles. The summed E-state index contributed by atoms with van der Waals surface area (Å²) >= 11 is 3.18. The van der Waals surface area contributed by atoms with Crippen molar-refractivity contribution in [3.63, 3.8) is 0 Å². The summed E-state index contributed by atoms with van der Waals surface area (Å²) in [6, 6.07) is 1.37. The number of halogens is 1. The maximum absolute atomic E-state index is 10.5. The van der Waals surface area contributed by atoms with Gasteiger partial charge >= 0.3 is 0 Å². The van der Waals surface area contributed by atoms with E-state index in [1.54, 1.807) is 0 Å². The highest BCUT2D eigenvalue weighted by molar-refractivity contribution is 9.10. The van der Waals surface area contributed by atoms with Gasteiger partial charge in [0.1, 0.15) is 17.6 Å². The number of hydrogen-bond acceptors (Lipinski definition) is 4. The van der Waals surface area contributed by atoms with E-state index in [1.165, 1.54) is 12.3 Å². The van der Waals surface area contributed by atoms with Gasteiger partial charge in [-0.25, -0.2) is 4.98 Å². The Morgan fingerprint density at radius 2 is 2.47 bits per heavy atom. The standard InChI is InChI=1S/C9H9BrN2O3/c1-3-15-6(2)9-8(10)4-7(5-11-9)12(13)14/h4-5H,2-3H2,1H3. The number of nitro groups is 1. The van der Waals surface area contributed by atoms with Crippen LogP contribution in [0.3, 0.4) is 0 Å². The minimum Gasteiger partial charge on any atom is -0.492 e. The third kappa shape index (κ3) is 2.76. The molecule has 15 heavy (non-hydrogen) atoms. The number of hydrogen-bond donors (Lipinski definition) is 0. The monoisotopic (exact) mass is 272 g/mol. The van der Waals surface area contributed by atoms with Crippen LogP contribution in [-0.4, -0.2) is 16.5 Å². The molecular formula is C9H9BrN2O3. The van der Waals surface area contributed by atoms with E-state index in [2.05, 4.69) is 27.5 Å². The zero-order valence-corrected chi connectivity index (χ0v) is 9.65. The second-order valence-corrected chi connectivity index (χ2v) is 3.49. The van der Waals surface area contributed by atoms with Gasteiger partial charge in [0, 0.05) is 6.07 Å². The minimum absolute atomic E-state index is 0.0741. The summed E-state index contributed by atoms with van der Waals surface area (Å²) in [5.74, 6) is 0.388. The maximum Gasteiger partial charge on any atom is 0.288 e. The molecule has 0 spiro atoms. The molecule has 0 atom stereocenters. The first kappa shape index (κ1) is 11.6. The van der Waals surface area contributed by atoms with E-state index in [0.29, 0.717) is 22.5 Å². The quantitative estimate of drug-likeness (QED) is 0.480. The summed E-state index contributed by atoms with van der Waals surface area (Å²) in [4.78, 5) is 13.8. The highest BCUT2D eigenvalue weighted by atomic mass is 79.9. The van der Waals surface area contributed by atoms with Crippen LogP contribution in [-0.2, 0) is 4.74 Å². The first-order valence-electron chi connectivity index (χ1n) is 4.18. The fraction of sp³-hybridized carbons (Fsp3) is 0.222. The van der Waals surface area contributed by atoms with Gasteiger partial charge in [0.05, 0.1) is 16.0 Å². The third-order valence-corrected chi connectivity index (χ3v) is 2.22. The fourth-order valence-corrected chi connectivity index (χ4v) is 1.53. The molecule has 80 valence electrons. The number of ether oxygens (including phenoxy) is 1. The second-order valence-electron chi connectivity index (χ2n) is 2.64. The van der Waals surface area contributed by atoms with Crippen molar-refractivity contribution in [1.29, 1.82) is 0 Å². The predicted molar refractivity (Wildman–Crippen MR) is 59.3 cm³/mol. The number of aromatic nitrogens is 1. The molecule has 0 N–H and O–H groups in total. The van der Waals surface area contributed by atoms with Gasteiger partial charge in [0.15, 0.2) is 0 Å². The first-order chi connectivity index (χ1) is 7.06. The van der Waals surface area contributed by atoms with Gasteiger partial charge < -0.3 is 4.74 Å². The number of pyridine rings is 1. The lowest BCUT2D eigenvalue weighted by atomic mass is 10.3. The lowest BCUT2D eigenvalue weighted by molar-refractivity contribution is -0.385. The molecular weight excluding hydrogens is 264 g/mol. The smallest absolute Gasteiger partial charge is 0.288 e. The van der Waals surface area contributed by atoms with E-state index < -0.39 is 4.92 Å². The Bertz CT molecular complexity index is 406. The van der Waals surface area contributed by atoms with Gasteiger partial charge in [-0.15, -0.1) is 0 Å². The Balaban J connectivity index is 3.03. The van der Waals surface area contributed by atoms with Crippen molar-refractivity contribution in [3.8, 4) is 0 Å². The van der Waals surface area contributed by atoms with E-state index in [9.17, 15) is 10.1 Å². The van der Waals surface area contributed by atoms with Gasteiger partial charge in [0.2, 0.25) is 0 Å². The molecule has 0 saturated carbocycles. The van der Waals surface area contributed by atoms with Crippen molar-refractivity contribution in [1.82, 2.24) is 4.98 Å². The van der Waals surface area contributed by atoms with Crippen molar-refractivity contribution in [2.75, 3.05) is 6.61 Å². The van der Waals surface area contributed by atoms with Crippen LogP contribution in [0.25, 0.3) is 5.76 Å². The average Bonchev–Trinajstić information content (AvgIpc) is 2.17. The molecule has 1 rings (SSSR count). The Kier molecular flexibility index (Phi) is 3.79. The summed E-state index contributed by atoms with van der Waals surface area (Å²) in [5.41, 5.74) is 0.400. The molecule has 1 aromatic rings. The molecule has 0 bridgehead atoms. The largest absolute Gasteiger partial charge is 0.492 e. The summed E-state index contributed by atoms with van der Waals surface area (Å²) in [7, 11) is 0. The van der Waals surface area contributed by atoms with Crippen molar-refractivity contribution in [2.24, 2.45) is 0 Å². The third-order valence-electron chi connectivity index (χ3n) is 1.62. The molecule has 0 aromatic carbocycles. The average molecular weight is 273 g/mol. The van der Waals surface area contributed by atoms with Crippen molar-refractivity contribution >= 4 is 27.4 Å². The molecule has 0 radical (unpaired) electrons. The lowest BCUT2D eigenvalue weighted by Crippen LogP contribution is -1.97. The summed E-state index contributed by atoms with van der Waals surface area (Å²) in [6.45, 7) is 5.97. The summed E-state index contributed by atoms with van der Waals surface area (Å²) < 4.78 is 5.65. The molecule has 0 saturated heterocycles. The normalized spacial score (nSPS) is 9.73. The van der Waals surface area contributed by atoms with Crippen LogP contribution >= 0.6 is 15.9 Å². The van der Waals surface area contributed by atoms with Crippen LogP contribution in [0.4, 0.5) is 5.69 Å².